The Bertz CT molecular complexity index is 1100. The number of fused-ring (bicyclic) bond motifs is 1. The Morgan fingerprint density at radius 2 is 1.79 bits per heavy atom. The molecule has 1 amide bonds. The van der Waals surface area contributed by atoms with Crippen molar-refractivity contribution in [2.24, 2.45) is 0 Å². The number of aromatic amines is 1. The first-order valence-corrected chi connectivity index (χ1v) is 11.4. The fourth-order valence-corrected chi connectivity index (χ4v) is 4.65. The van der Waals surface area contributed by atoms with E-state index >= 15 is 0 Å². The van der Waals surface area contributed by atoms with Crippen molar-refractivity contribution in [3.05, 3.63) is 65.9 Å². The van der Waals surface area contributed by atoms with E-state index in [4.69, 9.17) is 0 Å². The van der Waals surface area contributed by atoms with E-state index in [1.807, 2.05) is 24.4 Å². The zero-order chi connectivity index (χ0) is 20.3. The van der Waals surface area contributed by atoms with Gasteiger partial charge in [0.15, 0.2) is 0 Å². The van der Waals surface area contributed by atoms with Gasteiger partial charge in [0, 0.05) is 36.1 Å². The van der Waals surface area contributed by atoms with Gasteiger partial charge in [0.05, 0.1) is 4.90 Å². The van der Waals surface area contributed by atoms with Crippen molar-refractivity contribution in [3.63, 3.8) is 0 Å². The molecule has 1 heterocycles. The molecule has 3 N–H and O–H groups in total. The maximum Gasteiger partial charge on any atom is 0.240 e. The van der Waals surface area contributed by atoms with E-state index in [0.717, 1.165) is 30.3 Å². The summed E-state index contributed by atoms with van der Waals surface area (Å²) in [4.78, 5) is 15.7. The van der Waals surface area contributed by atoms with Crippen LogP contribution in [0.15, 0.2) is 59.6 Å². The SMILES string of the molecule is O=C(CCc1ccc(S(=O)(=O)NC2CC2)cc1)NCCc1c[nH]c2ccccc12. The largest absolute Gasteiger partial charge is 0.361 e. The number of aryl methyl sites for hydroxylation is 1. The summed E-state index contributed by atoms with van der Waals surface area (Å²) in [7, 11) is -3.43. The van der Waals surface area contributed by atoms with Crippen molar-refractivity contribution in [3.8, 4) is 0 Å². The molecule has 152 valence electrons. The Kier molecular flexibility index (Phi) is 5.69. The molecule has 0 aliphatic heterocycles. The second-order valence-electron chi connectivity index (χ2n) is 7.50. The van der Waals surface area contributed by atoms with Crippen molar-refractivity contribution in [1.29, 1.82) is 0 Å². The highest BCUT2D eigenvalue weighted by atomic mass is 32.2. The van der Waals surface area contributed by atoms with Gasteiger partial charge in [-0.15, -0.1) is 0 Å². The number of para-hydroxylation sites is 1. The van der Waals surface area contributed by atoms with Crippen molar-refractivity contribution in [2.75, 3.05) is 6.54 Å². The third-order valence-corrected chi connectivity index (χ3v) is 6.70. The fraction of sp³-hybridized carbons (Fsp3) is 0.318. The monoisotopic (exact) mass is 411 g/mol. The van der Waals surface area contributed by atoms with Crippen LogP contribution in [0.25, 0.3) is 10.9 Å². The summed E-state index contributed by atoms with van der Waals surface area (Å²) >= 11 is 0. The summed E-state index contributed by atoms with van der Waals surface area (Å²) in [6.45, 7) is 0.588. The summed E-state index contributed by atoms with van der Waals surface area (Å²) in [6, 6.07) is 15.0. The van der Waals surface area contributed by atoms with Crippen LogP contribution in [0.1, 0.15) is 30.4 Å². The normalized spacial score (nSPS) is 14.2. The van der Waals surface area contributed by atoms with Crippen LogP contribution in [0, 0.1) is 0 Å². The van der Waals surface area contributed by atoms with Crippen molar-refractivity contribution >= 4 is 26.8 Å². The van der Waals surface area contributed by atoms with Crippen molar-refractivity contribution in [1.82, 2.24) is 15.0 Å². The molecule has 6 nitrogen and oxygen atoms in total. The number of nitrogens with one attached hydrogen (secondary N) is 3. The molecule has 1 aliphatic carbocycles. The summed E-state index contributed by atoms with van der Waals surface area (Å²) < 4.78 is 27.0. The van der Waals surface area contributed by atoms with Crippen LogP contribution in [-0.2, 0) is 27.7 Å². The number of hydrogen-bond donors (Lipinski definition) is 3. The molecule has 0 radical (unpaired) electrons. The predicted molar refractivity (Wildman–Crippen MR) is 113 cm³/mol. The Morgan fingerprint density at radius 1 is 1.03 bits per heavy atom. The maximum atomic E-state index is 12.2. The molecule has 4 rings (SSSR count). The lowest BCUT2D eigenvalue weighted by Crippen LogP contribution is -2.26. The minimum absolute atomic E-state index is 0.00283. The average Bonchev–Trinajstić information content (AvgIpc) is 3.43. The van der Waals surface area contributed by atoms with Gasteiger partial charge in [-0.25, -0.2) is 13.1 Å². The standard InChI is InChI=1S/C22H25N3O3S/c26-22(23-14-13-17-15-24-21-4-2-1-3-20(17)21)12-7-16-5-10-19(11-6-16)29(27,28)25-18-8-9-18/h1-6,10-11,15,18,24-25H,7-9,12-14H2,(H,23,26). The van der Waals surface area contributed by atoms with Gasteiger partial charge in [0.1, 0.15) is 0 Å². The van der Waals surface area contributed by atoms with Crippen LogP contribution in [-0.4, -0.2) is 31.9 Å². The molecule has 1 saturated carbocycles. The smallest absolute Gasteiger partial charge is 0.240 e. The lowest BCUT2D eigenvalue weighted by Gasteiger charge is -2.07. The molecule has 3 aromatic rings. The van der Waals surface area contributed by atoms with Gasteiger partial charge < -0.3 is 10.3 Å². The molecule has 0 atom stereocenters. The number of sulfonamides is 1. The van der Waals surface area contributed by atoms with Gasteiger partial charge >= 0.3 is 0 Å². The van der Waals surface area contributed by atoms with Crippen LogP contribution in [0.3, 0.4) is 0 Å². The van der Waals surface area contributed by atoms with Crippen molar-refractivity contribution in [2.45, 2.75) is 43.0 Å². The van der Waals surface area contributed by atoms with Crippen LogP contribution < -0.4 is 10.0 Å². The Morgan fingerprint density at radius 3 is 2.55 bits per heavy atom. The van der Waals surface area contributed by atoms with Crippen LogP contribution >= 0.6 is 0 Å². The predicted octanol–water partition coefficient (Wildman–Crippen LogP) is 2.90. The number of benzene rings is 2. The van der Waals surface area contributed by atoms with Gasteiger partial charge in [0.2, 0.25) is 15.9 Å². The van der Waals surface area contributed by atoms with E-state index in [-0.39, 0.29) is 16.8 Å². The molecule has 1 aromatic heterocycles. The third kappa shape index (κ3) is 5.05. The topological polar surface area (TPSA) is 91.1 Å². The second kappa shape index (κ2) is 8.39. The molecule has 1 fully saturated rings. The minimum Gasteiger partial charge on any atom is -0.361 e. The van der Waals surface area contributed by atoms with Gasteiger partial charge in [-0.1, -0.05) is 30.3 Å². The Hall–Kier alpha value is -2.64. The fourth-order valence-electron chi connectivity index (χ4n) is 3.35. The second-order valence-corrected chi connectivity index (χ2v) is 9.21. The van der Waals surface area contributed by atoms with E-state index in [2.05, 4.69) is 21.1 Å². The summed E-state index contributed by atoms with van der Waals surface area (Å²) in [6.07, 6.45) is 5.54. The molecule has 7 heteroatoms. The summed E-state index contributed by atoms with van der Waals surface area (Å²) in [5, 5.41) is 4.15. The number of aromatic nitrogens is 1. The maximum absolute atomic E-state index is 12.2. The number of rotatable bonds is 9. The molecule has 1 aliphatic rings. The van der Waals surface area contributed by atoms with Gasteiger partial charge in [-0.2, -0.15) is 0 Å². The molecule has 0 spiro atoms. The van der Waals surface area contributed by atoms with Crippen LogP contribution in [0.4, 0.5) is 0 Å². The molecule has 0 saturated heterocycles. The van der Waals surface area contributed by atoms with E-state index in [1.54, 1.807) is 24.3 Å². The van der Waals surface area contributed by atoms with E-state index in [1.165, 1.54) is 10.9 Å². The van der Waals surface area contributed by atoms with Crippen LogP contribution in [0.5, 0.6) is 0 Å². The first kappa shape index (κ1) is 19.7. The van der Waals surface area contributed by atoms with E-state index < -0.39 is 10.0 Å². The lowest BCUT2D eigenvalue weighted by atomic mass is 10.1. The van der Waals surface area contributed by atoms with Gasteiger partial charge in [-0.05, 0) is 55.0 Å². The molecule has 0 bridgehead atoms. The lowest BCUT2D eigenvalue weighted by molar-refractivity contribution is -0.121. The first-order valence-electron chi connectivity index (χ1n) is 9.94. The number of amides is 1. The Labute approximate surface area is 170 Å². The number of hydrogen-bond acceptors (Lipinski definition) is 3. The zero-order valence-electron chi connectivity index (χ0n) is 16.1. The average molecular weight is 412 g/mol. The van der Waals surface area contributed by atoms with E-state index in [9.17, 15) is 13.2 Å². The van der Waals surface area contributed by atoms with Crippen LogP contribution in [0.2, 0.25) is 0 Å². The van der Waals surface area contributed by atoms with Gasteiger partial charge in [0.25, 0.3) is 0 Å². The highest BCUT2D eigenvalue weighted by molar-refractivity contribution is 7.89. The molecular weight excluding hydrogens is 386 g/mol. The molecule has 0 unspecified atom stereocenters. The molecular formula is C22H25N3O3S. The highest BCUT2D eigenvalue weighted by Crippen LogP contribution is 2.22. The quantitative estimate of drug-likeness (QED) is 0.506. The van der Waals surface area contributed by atoms with E-state index in [0.29, 0.717) is 19.4 Å². The van der Waals surface area contributed by atoms with Crippen molar-refractivity contribution < 1.29 is 13.2 Å². The zero-order valence-corrected chi connectivity index (χ0v) is 17.0. The first-order chi connectivity index (χ1) is 14.0. The number of carbonyl (C=O) groups is 1. The summed E-state index contributed by atoms with van der Waals surface area (Å²) in [5.41, 5.74) is 3.24. The third-order valence-electron chi connectivity index (χ3n) is 5.16. The molecule has 2 aromatic carbocycles. The Balaban J connectivity index is 1.23. The number of H-pyrrole nitrogens is 1. The number of carbonyl (C=O) groups excluding carboxylic acids is 1. The minimum atomic E-state index is -3.43. The highest BCUT2D eigenvalue weighted by Gasteiger charge is 2.27. The van der Waals surface area contributed by atoms with Gasteiger partial charge in [-0.3, -0.25) is 4.79 Å². The molecule has 29 heavy (non-hydrogen) atoms. The summed E-state index contributed by atoms with van der Waals surface area (Å²) in [5.74, 6) is -0.00283.